The van der Waals surface area contributed by atoms with Crippen molar-refractivity contribution < 1.29 is 4.74 Å². The van der Waals surface area contributed by atoms with Crippen LogP contribution in [0.3, 0.4) is 0 Å². The summed E-state index contributed by atoms with van der Waals surface area (Å²) in [5.74, 6) is 0.809. The molecule has 0 aliphatic heterocycles. The average molecular weight is 677 g/mol. The van der Waals surface area contributed by atoms with Gasteiger partial charge in [-0.15, -0.1) is 0 Å². The van der Waals surface area contributed by atoms with Crippen LogP contribution in [0, 0.1) is 0 Å². The first-order valence-corrected chi connectivity index (χ1v) is 17.3. The lowest BCUT2D eigenvalue weighted by Gasteiger charge is -2.25. The molecule has 0 saturated carbocycles. The third-order valence-electron chi connectivity index (χ3n) is 9.39. The van der Waals surface area contributed by atoms with E-state index in [1.54, 1.807) is 12.4 Å². The molecule has 2 heterocycles. The number of anilines is 4. The van der Waals surface area contributed by atoms with Crippen molar-refractivity contribution in [2.24, 2.45) is 0 Å². The van der Waals surface area contributed by atoms with E-state index in [4.69, 9.17) is 14.7 Å². The molecule has 0 unspecified atom stereocenters. The molecule has 0 radical (unpaired) electrons. The number of hydrogen-bond donors (Lipinski definition) is 0. The van der Waals surface area contributed by atoms with Gasteiger partial charge in [0.2, 0.25) is 11.8 Å². The van der Waals surface area contributed by atoms with E-state index in [1.807, 2.05) is 12.1 Å². The molecular weight excluding hydrogens is 629 g/mol. The molecule has 0 bridgehead atoms. The van der Waals surface area contributed by atoms with Crippen LogP contribution in [0.15, 0.2) is 134 Å². The lowest BCUT2D eigenvalue weighted by molar-refractivity contribution is 0.431. The molecule has 2 aromatic heterocycles. The Morgan fingerprint density at radius 2 is 0.627 bits per heavy atom. The van der Waals surface area contributed by atoms with Crippen molar-refractivity contribution in [1.82, 2.24) is 9.97 Å². The topological polar surface area (TPSA) is 48.0 Å². The highest BCUT2D eigenvalue weighted by Gasteiger charge is 2.26. The Morgan fingerprint density at radius 1 is 0.373 bits per heavy atom. The Kier molecular flexibility index (Phi) is 10.6. The van der Waals surface area contributed by atoms with Gasteiger partial charge in [0.15, 0.2) is 0 Å². The van der Waals surface area contributed by atoms with Crippen LogP contribution in [0.1, 0.15) is 45.2 Å². The summed E-state index contributed by atoms with van der Waals surface area (Å²) >= 11 is 0. The molecule has 7 heteroatoms. The second-order valence-electron chi connectivity index (χ2n) is 13.7. The molecule has 6 aromatic rings. The fourth-order valence-corrected chi connectivity index (χ4v) is 6.47. The smallest absolute Gasteiger partial charge is 0.225 e. The molecule has 0 aliphatic rings. The summed E-state index contributed by atoms with van der Waals surface area (Å²) in [5.41, 5.74) is 11.1. The fourth-order valence-electron chi connectivity index (χ4n) is 6.47. The van der Waals surface area contributed by atoms with Crippen molar-refractivity contribution in [3.8, 4) is 11.8 Å². The van der Waals surface area contributed by atoms with Gasteiger partial charge < -0.3 is 24.3 Å². The molecule has 0 amide bonds. The van der Waals surface area contributed by atoms with E-state index in [2.05, 4.69) is 185 Å². The van der Waals surface area contributed by atoms with Crippen LogP contribution in [0.5, 0.6) is 11.8 Å². The van der Waals surface area contributed by atoms with Gasteiger partial charge in [-0.05, 0) is 82.9 Å². The quantitative estimate of drug-likeness (QED) is 0.128. The zero-order chi connectivity index (χ0) is 36.1. The normalized spacial score (nSPS) is 11.1. The predicted octanol–water partition coefficient (Wildman–Crippen LogP) is 8.89. The van der Waals surface area contributed by atoms with Gasteiger partial charge in [-0.25, -0.2) is 9.97 Å². The van der Waals surface area contributed by atoms with Crippen LogP contribution >= 0.6 is 0 Å². The molecular formula is C44H48N6O. The van der Waals surface area contributed by atoms with Crippen LogP contribution in [0.4, 0.5) is 22.7 Å². The third-order valence-corrected chi connectivity index (χ3v) is 9.39. The van der Waals surface area contributed by atoms with Gasteiger partial charge >= 0.3 is 0 Å². The van der Waals surface area contributed by atoms with Crippen molar-refractivity contribution >= 4 is 22.7 Å². The van der Waals surface area contributed by atoms with Crippen LogP contribution < -0.4 is 24.3 Å². The fraction of sp³-hybridized carbons (Fsp3) is 0.227. The van der Waals surface area contributed by atoms with E-state index in [0.717, 1.165) is 56.1 Å². The van der Waals surface area contributed by atoms with E-state index < -0.39 is 0 Å². The minimum atomic E-state index is -0.124. The maximum atomic E-state index is 6.88. The van der Waals surface area contributed by atoms with Crippen molar-refractivity contribution in [2.45, 2.75) is 11.8 Å². The number of benzene rings is 4. The van der Waals surface area contributed by atoms with E-state index in [9.17, 15) is 0 Å². The zero-order valence-corrected chi connectivity index (χ0v) is 30.9. The minimum Gasteiger partial charge on any atom is -0.420 e. The van der Waals surface area contributed by atoms with Gasteiger partial charge in [-0.3, -0.25) is 0 Å². The minimum absolute atomic E-state index is 0.124. The molecule has 0 fully saturated rings. The van der Waals surface area contributed by atoms with E-state index in [-0.39, 0.29) is 11.8 Å². The monoisotopic (exact) mass is 676 g/mol. The first-order valence-electron chi connectivity index (χ1n) is 17.3. The van der Waals surface area contributed by atoms with Gasteiger partial charge in [-0.2, -0.15) is 0 Å². The lowest BCUT2D eigenvalue weighted by atomic mass is 9.85. The second kappa shape index (κ2) is 15.4. The lowest BCUT2D eigenvalue weighted by Crippen LogP contribution is -2.12. The first-order chi connectivity index (χ1) is 24.6. The highest BCUT2D eigenvalue weighted by molar-refractivity contribution is 5.57. The summed E-state index contributed by atoms with van der Waals surface area (Å²) < 4.78 is 6.88. The molecule has 0 saturated heterocycles. The molecule has 0 N–H and O–H groups in total. The van der Waals surface area contributed by atoms with E-state index in [0.29, 0.717) is 11.8 Å². The number of rotatable bonds is 12. The van der Waals surface area contributed by atoms with Gasteiger partial charge in [-0.1, -0.05) is 60.7 Å². The second-order valence-corrected chi connectivity index (χ2v) is 13.7. The number of ether oxygens (including phenoxy) is 1. The SMILES string of the molecule is CN(C)c1ccc(C(c2ccc(N(C)C)cc2)c2cccnc2Oc2ncccc2C(c2ccc(N(C)C)cc2)c2ccc(N(C)C)cc2)cc1. The van der Waals surface area contributed by atoms with Gasteiger partial charge in [0, 0.05) is 114 Å². The van der Waals surface area contributed by atoms with Crippen LogP contribution in [0.2, 0.25) is 0 Å². The van der Waals surface area contributed by atoms with Crippen LogP contribution in [-0.2, 0) is 0 Å². The number of aromatic nitrogens is 2. The summed E-state index contributed by atoms with van der Waals surface area (Å²) in [5, 5.41) is 0. The summed E-state index contributed by atoms with van der Waals surface area (Å²) in [4.78, 5) is 18.2. The summed E-state index contributed by atoms with van der Waals surface area (Å²) in [6.07, 6.45) is 3.58. The number of nitrogens with zero attached hydrogens (tertiary/aromatic N) is 6. The maximum Gasteiger partial charge on any atom is 0.225 e. The van der Waals surface area contributed by atoms with E-state index >= 15 is 0 Å². The molecule has 0 atom stereocenters. The standard InChI is InChI=1S/C44H48N6O/c1-47(2)35-21-13-31(14-22-35)41(32-15-23-36(24-16-32)48(3)4)39-11-9-29-45-43(39)51-44-40(12-10-30-46-44)42(33-17-25-37(26-18-33)49(5)6)34-19-27-38(28-20-34)50(7)8/h9-30,41-42H,1-8H3. The molecule has 51 heavy (non-hydrogen) atoms. The molecule has 260 valence electrons. The molecule has 6 rings (SSSR count). The first kappa shape index (κ1) is 35.0. The Bertz CT molecular complexity index is 1770. The Balaban J connectivity index is 1.46. The van der Waals surface area contributed by atoms with Gasteiger partial charge in [0.05, 0.1) is 0 Å². The highest BCUT2D eigenvalue weighted by Crippen LogP contribution is 2.42. The Labute approximate surface area is 303 Å². The maximum absolute atomic E-state index is 6.88. The number of pyridine rings is 2. The molecule has 4 aromatic carbocycles. The number of hydrogen-bond acceptors (Lipinski definition) is 7. The van der Waals surface area contributed by atoms with Crippen molar-refractivity contribution in [3.05, 3.63) is 167 Å². The van der Waals surface area contributed by atoms with Crippen LogP contribution in [0.25, 0.3) is 0 Å². The van der Waals surface area contributed by atoms with Crippen LogP contribution in [-0.4, -0.2) is 66.3 Å². The largest absolute Gasteiger partial charge is 0.420 e. The van der Waals surface area contributed by atoms with Crippen molar-refractivity contribution in [3.63, 3.8) is 0 Å². The third kappa shape index (κ3) is 7.83. The highest BCUT2D eigenvalue weighted by atomic mass is 16.5. The zero-order valence-electron chi connectivity index (χ0n) is 30.9. The van der Waals surface area contributed by atoms with Gasteiger partial charge in [0.25, 0.3) is 0 Å². The molecule has 7 nitrogen and oxygen atoms in total. The molecule has 0 aliphatic carbocycles. The Hall–Kier alpha value is -5.82. The predicted molar refractivity (Wildman–Crippen MR) is 214 cm³/mol. The van der Waals surface area contributed by atoms with Gasteiger partial charge in [0.1, 0.15) is 0 Å². The van der Waals surface area contributed by atoms with E-state index in [1.165, 1.54) is 0 Å². The molecule has 0 spiro atoms. The van der Waals surface area contributed by atoms with Crippen molar-refractivity contribution in [1.29, 1.82) is 0 Å². The summed E-state index contributed by atoms with van der Waals surface area (Å²) in [6.45, 7) is 0. The Morgan fingerprint density at radius 3 is 0.863 bits per heavy atom. The average Bonchev–Trinajstić information content (AvgIpc) is 3.14. The summed E-state index contributed by atoms with van der Waals surface area (Å²) in [6, 6.07) is 43.1. The van der Waals surface area contributed by atoms with Crippen molar-refractivity contribution in [2.75, 3.05) is 76.0 Å². The summed E-state index contributed by atoms with van der Waals surface area (Å²) in [7, 11) is 16.5.